The number of aryl methyl sites for hydroxylation is 2. The average Bonchev–Trinajstić information content (AvgIpc) is 3.34. The minimum Gasteiger partial charge on any atom is -0.465 e. The van der Waals surface area contributed by atoms with Crippen LogP contribution in [0.3, 0.4) is 0 Å². The molecule has 2 heterocycles. The maximum absolute atomic E-state index is 12.7. The van der Waals surface area contributed by atoms with Gasteiger partial charge in [-0.1, -0.05) is 42.1 Å². The van der Waals surface area contributed by atoms with Crippen LogP contribution in [-0.2, 0) is 29.4 Å². The molecule has 0 bridgehead atoms. The number of thiophene rings is 1. The summed E-state index contributed by atoms with van der Waals surface area (Å²) >= 11 is 2.31. The van der Waals surface area contributed by atoms with Crippen molar-refractivity contribution >= 4 is 45.9 Å². The van der Waals surface area contributed by atoms with E-state index in [1.54, 1.807) is 21.0 Å². The van der Waals surface area contributed by atoms with Gasteiger partial charge in [0.15, 0.2) is 5.16 Å². The summed E-state index contributed by atoms with van der Waals surface area (Å²) in [4.78, 5) is 39.3. The second-order valence-electron chi connectivity index (χ2n) is 7.73. The number of methoxy groups -OCH3 is 1. The van der Waals surface area contributed by atoms with Crippen LogP contribution in [0, 0.1) is 6.92 Å². The van der Waals surface area contributed by atoms with Crippen LogP contribution in [-0.4, -0.2) is 64.4 Å². The third-order valence-electron chi connectivity index (χ3n) is 5.13. The van der Waals surface area contributed by atoms with Crippen molar-refractivity contribution in [1.82, 2.24) is 19.7 Å². The Morgan fingerprint density at radius 2 is 1.85 bits per heavy atom. The van der Waals surface area contributed by atoms with Crippen molar-refractivity contribution in [2.45, 2.75) is 24.9 Å². The van der Waals surface area contributed by atoms with Gasteiger partial charge in [0.25, 0.3) is 5.91 Å². The third-order valence-corrected chi connectivity index (χ3v) is 7.34. The molecule has 0 saturated heterocycles. The van der Waals surface area contributed by atoms with Crippen LogP contribution in [0.5, 0.6) is 0 Å². The number of aromatic nitrogens is 3. The van der Waals surface area contributed by atoms with Crippen molar-refractivity contribution in [2.24, 2.45) is 7.05 Å². The molecule has 0 atom stereocenters. The zero-order valence-electron chi connectivity index (χ0n) is 19.7. The van der Waals surface area contributed by atoms with Crippen LogP contribution in [0.4, 0.5) is 5.00 Å². The molecule has 1 aromatic carbocycles. The number of carbonyl (C=O) groups excluding carboxylic acids is 3. The van der Waals surface area contributed by atoms with E-state index in [0.29, 0.717) is 20.6 Å². The molecule has 11 heteroatoms. The highest BCUT2D eigenvalue weighted by Crippen LogP contribution is 2.34. The molecule has 1 N–H and O–H groups in total. The number of nitrogens with one attached hydrogen (secondary N) is 1. The fourth-order valence-electron chi connectivity index (χ4n) is 3.24. The highest BCUT2D eigenvalue weighted by molar-refractivity contribution is 7.99. The van der Waals surface area contributed by atoms with Gasteiger partial charge in [-0.05, 0) is 24.5 Å². The van der Waals surface area contributed by atoms with E-state index in [1.165, 1.54) is 29.3 Å². The highest BCUT2D eigenvalue weighted by atomic mass is 32.2. The van der Waals surface area contributed by atoms with E-state index in [2.05, 4.69) is 27.6 Å². The number of anilines is 1. The molecule has 0 unspecified atom stereocenters. The van der Waals surface area contributed by atoms with Gasteiger partial charge in [-0.2, -0.15) is 0 Å². The normalized spacial score (nSPS) is 10.7. The van der Waals surface area contributed by atoms with Gasteiger partial charge in [-0.15, -0.1) is 21.5 Å². The summed E-state index contributed by atoms with van der Waals surface area (Å²) in [5.41, 5.74) is 1.90. The average molecular weight is 502 g/mol. The van der Waals surface area contributed by atoms with E-state index >= 15 is 0 Å². The number of rotatable bonds is 9. The van der Waals surface area contributed by atoms with Crippen molar-refractivity contribution < 1.29 is 19.1 Å². The molecule has 34 heavy (non-hydrogen) atoms. The Morgan fingerprint density at radius 1 is 1.15 bits per heavy atom. The molecule has 0 aliphatic carbocycles. The predicted molar refractivity (Wildman–Crippen MR) is 133 cm³/mol. The van der Waals surface area contributed by atoms with Crippen molar-refractivity contribution in [3.63, 3.8) is 0 Å². The van der Waals surface area contributed by atoms with Crippen molar-refractivity contribution in [2.75, 3.05) is 32.3 Å². The minimum atomic E-state index is -0.606. The van der Waals surface area contributed by atoms with Crippen LogP contribution < -0.4 is 5.32 Å². The van der Waals surface area contributed by atoms with Crippen molar-refractivity contribution in [1.29, 1.82) is 0 Å². The van der Waals surface area contributed by atoms with Gasteiger partial charge >= 0.3 is 5.97 Å². The van der Waals surface area contributed by atoms with E-state index in [4.69, 9.17) is 4.74 Å². The standard InChI is InChI=1S/C23H27N5O4S2/c1-14-18(22(31)32-5)20(34-19(14)21(30)27(2)3)24-17(29)13-33-23-26-25-16(28(23)4)12-11-15-9-7-6-8-10-15/h6-10H,11-13H2,1-5H3,(H,24,29). The Bertz CT molecular complexity index is 1190. The molecule has 0 aliphatic rings. The first-order valence-corrected chi connectivity index (χ1v) is 12.3. The number of hydrogen-bond acceptors (Lipinski definition) is 8. The number of thioether (sulfide) groups is 1. The summed E-state index contributed by atoms with van der Waals surface area (Å²) in [7, 11) is 6.39. The summed E-state index contributed by atoms with van der Waals surface area (Å²) in [5, 5.41) is 12.1. The number of carbonyl (C=O) groups is 3. The highest BCUT2D eigenvalue weighted by Gasteiger charge is 2.27. The number of hydrogen-bond donors (Lipinski definition) is 1. The van der Waals surface area contributed by atoms with Gasteiger partial charge in [0.1, 0.15) is 10.8 Å². The van der Waals surface area contributed by atoms with Gasteiger partial charge in [-0.25, -0.2) is 4.79 Å². The lowest BCUT2D eigenvalue weighted by Crippen LogP contribution is -2.21. The van der Waals surface area contributed by atoms with Gasteiger partial charge < -0.3 is 19.5 Å². The monoisotopic (exact) mass is 501 g/mol. The lowest BCUT2D eigenvalue weighted by molar-refractivity contribution is -0.113. The minimum absolute atomic E-state index is 0.0686. The zero-order valence-corrected chi connectivity index (χ0v) is 21.4. The van der Waals surface area contributed by atoms with E-state index in [0.717, 1.165) is 30.0 Å². The van der Waals surface area contributed by atoms with E-state index in [9.17, 15) is 14.4 Å². The summed E-state index contributed by atoms with van der Waals surface area (Å²) in [6.45, 7) is 1.67. The molecule has 9 nitrogen and oxygen atoms in total. The molecule has 0 fully saturated rings. The van der Waals surface area contributed by atoms with E-state index < -0.39 is 5.97 Å². The topological polar surface area (TPSA) is 106 Å². The Morgan fingerprint density at radius 3 is 2.50 bits per heavy atom. The summed E-state index contributed by atoms with van der Waals surface area (Å²) in [5.74, 6) is -0.274. The maximum atomic E-state index is 12.7. The number of esters is 1. The molecule has 3 aromatic rings. The van der Waals surface area contributed by atoms with Crippen LogP contribution in [0.25, 0.3) is 0 Å². The third kappa shape index (κ3) is 5.84. The first-order chi connectivity index (χ1) is 16.2. The van der Waals surface area contributed by atoms with Crippen molar-refractivity contribution in [3.8, 4) is 0 Å². The predicted octanol–water partition coefficient (Wildman–Crippen LogP) is 3.19. The van der Waals surface area contributed by atoms with Crippen LogP contribution >= 0.6 is 23.1 Å². The molecule has 180 valence electrons. The van der Waals surface area contributed by atoms with Gasteiger partial charge in [0.2, 0.25) is 5.91 Å². The SMILES string of the molecule is COC(=O)c1c(NC(=O)CSc2nnc(CCc3ccccc3)n2C)sc(C(=O)N(C)C)c1C. The Kier molecular flexibility index (Phi) is 8.46. The molecule has 0 radical (unpaired) electrons. The van der Waals surface area contributed by atoms with E-state index in [-0.39, 0.29) is 23.1 Å². The first kappa shape index (κ1) is 25.4. The van der Waals surface area contributed by atoms with Crippen LogP contribution in [0.1, 0.15) is 37.0 Å². The van der Waals surface area contributed by atoms with E-state index in [1.807, 2.05) is 29.8 Å². The molecular weight excluding hydrogens is 474 g/mol. The van der Waals surface area contributed by atoms with Crippen molar-refractivity contribution in [3.05, 3.63) is 57.7 Å². The largest absolute Gasteiger partial charge is 0.465 e. The second-order valence-corrected chi connectivity index (χ2v) is 9.69. The number of amides is 2. The zero-order chi connectivity index (χ0) is 24.8. The van der Waals surface area contributed by atoms with Gasteiger partial charge in [0, 0.05) is 27.6 Å². The Balaban J connectivity index is 1.66. The number of ether oxygens (including phenoxy) is 1. The summed E-state index contributed by atoms with van der Waals surface area (Å²) in [6.07, 6.45) is 1.58. The summed E-state index contributed by atoms with van der Waals surface area (Å²) < 4.78 is 6.74. The molecule has 3 rings (SSSR count). The Hall–Kier alpha value is -3.18. The molecule has 0 aliphatic heterocycles. The van der Waals surface area contributed by atoms with Crippen LogP contribution in [0.15, 0.2) is 35.5 Å². The molecule has 2 amide bonds. The lowest BCUT2D eigenvalue weighted by atomic mass is 10.1. The maximum Gasteiger partial charge on any atom is 0.341 e. The quantitative estimate of drug-likeness (QED) is 0.354. The first-order valence-electron chi connectivity index (χ1n) is 10.5. The van der Waals surface area contributed by atoms with Gasteiger partial charge in [-0.3, -0.25) is 9.59 Å². The van der Waals surface area contributed by atoms with Crippen LogP contribution in [0.2, 0.25) is 0 Å². The van der Waals surface area contributed by atoms with Gasteiger partial charge in [0.05, 0.1) is 23.3 Å². The molecule has 2 aromatic heterocycles. The lowest BCUT2D eigenvalue weighted by Gasteiger charge is -2.08. The molecule has 0 spiro atoms. The second kappa shape index (κ2) is 11.3. The fraction of sp³-hybridized carbons (Fsp3) is 0.348. The Labute approximate surface area is 206 Å². The number of benzene rings is 1. The molecular formula is C23H27N5O4S2. The fourth-order valence-corrected chi connectivity index (χ4v) is 5.20. The summed E-state index contributed by atoms with van der Waals surface area (Å²) in [6, 6.07) is 10.1. The smallest absolute Gasteiger partial charge is 0.341 e. The molecule has 0 saturated carbocycles. The number of nitrogens with zero attached hydrogens (tertiary/aromatic N) is 4.